The Hall–Kier alpha value is -1.69. The smallest absolute Gasteiger partial charge is 0.256 e. The van der Waals surface area contributed by atoms with Crippen LogP contribution in [-0.2, 0) is 0 Å². The van der Waals surface area contributed by atoms with Crippen molar-refractivity contribution in [3.05, 3.63) is 23.7 Å². The van der Waals surface area contributed by atoms with Crippen molar-refractivity contribution >= 4 is 17.5 Å². The van der Waals surface area contributed by atoms with Gasteiger partial charge in [0.1, 0.15) is 0 Å². The third-order valence-electron chi connectivity index (χ3n) is 2.37. The van der Waals surface area contributed by atoms with Crippen LogP contribution in [0.4, 0.5) is 5.95 Å². The van der Waals surface area contributed by atoms with Gasteiger partial charge in [0.15, 0.2) is 0 Å². The van der Waals surface area contributed by atoms with E-state index in [2.05, 4.69) is 32.3 Å². The summed E-state index contributed by atoms with van der Waals surface area (Å²) in [6.07, 6.45) is 6.85. The molecule has 0 amide bonds. The predicted octanol–water partition coefficient (Wildman–Crippen LogP) is 2.31. The fourth-order valence-corrected chi connectivity index (χ4v) is 1.64. The normalized spacial score (nSPS) is 10.6. The Morgan fingerprint density at radius 1 is 1.28 bits per heavy atom. The van der Waals surface area contributed by atoms with Crippen LogP contribution in [-0.4, -0.2) is 31.3 Å². The third-order valence-corrected chi connectivity index (χ3v) is 2.54. The van der Waals surface area contributed by atoms with Crippen molar-refractivity contribution in [1.29, 1.82) is 0 Å². The second-order valence-electron chi connectivity index (χ2n) is 3.81. The average molecular weight is 267 g/mol. The van der Waals surface area contributed by atoms with E-state index in [9.17, 15) is 0 Å². The molecule has 18 heavy (non-hydrogen) atoms. The number of hydrogen-bond acceptors (Lipinski definition) is 5. The lowest BCUT2D eigenvalue weighted by Crippen LogP contribution is -2.10. The molecule has 0 aliphatic heterocycles. The van der Waals surface area contributed by atoms with Gasteiger partial charge in [0, 0.05) is 18.9 Å². The van der Waals surface area contributed by atoms with Gasteiger partial charge >= 0.3 is 0 Å². The summed E-state index contributed by atoms with van der Waals surface area (Å²) in [4.78, 5) is 12.3. The maximum Gasteiger partial charge on any atom is 0.256 e. The Kier molecular flexibility index (Phi) is 4.46. The van der Waals surface area contributed by atoms with Crippen LogP contribution in [0, 0.1) is 0 Å². The van der Waals surface area contributed by atoms with Crippen molar-refractivity contribution < 1.29 is 0 Å². The number of nitrogens with zero attached hydrogens (tertiary/aromatic N) is 5. The number of rotatable bonds is 6. The zero-order valence-electron chi connectivity index (χ0n) is 10.2. The summed E-state index contributed by atoms with van der Waals surface area (Å²) in [7, 11) is 0. The molecule has 0 spiro atoms. The van der Waals surface area contributed by atoms with Crippen molar-refractivity contribution in [2.45, 2.75) is 26.2 Å². The average Bonchev–Trinajstić information content (AvgIpc) is 2.88. The van der Waals surface area contributed by atoms with E-state index in [4.69, 9.17) is 11.6 Å². The third kappa shape index (κ3) is 3.40. The lowest BCUT2D eigenvalue weighted by molar-refractivity contribution is 0.736. The van der Waals surface area contributed by atoms with Gasteiger partial charge in [-0.25, -0.2) is 4.68 Å². The Labute approximate surface area is 110 Å². The molecule has 6 nitrogen and oxygen atoms in total. The molecule has 0 unspecified atom stereocenters. The summed E-state index contributed by atoms with van der Waals surface area (Å²) < 4.78 is 1.55. The summed E-state index contributed by atoms with van der Waals surface area (Å²) >= 11 is 5.86. The molecule has 2 aromatic rings. The van der Waals surface area contributed by atoms with Crippen LogP contribution in [0.2, 0.25) is 5.28 Å². The standard InChI is InChI=1S/C11H15ClN6/c1-2-3-4-6-13-10-15-9(12)16-11(17-10)18-8-5-7-14-18/h5,7-8H,2-4,6H2,1H3,(H,13,15,16,17). The summed E-state index contributed by atoms with van der Waals surface area (Å²) in [5, 5.41) is 7.35. The first-order chi connectivity index (χ1) is 8.79. The number of unbranched alkanes of at least 4 members (excludes halogenated alkanes) is 2. The predicted molar refractivity (Wildman–Crippen MR) is 70.0 cm³/mol. The Bertz CT molecular complexity index is 484. The van der Waals surface area contributed by atoms with Crippen LogP contribution in [0.15, 0.2) is 18.5 Å². The highest BCUT2D eigenvalue weighted by atomic mass is 35.5. The lowest BCUT2D eigenvalue weighted by Gasteiger charge is -2.06. The van der Waals surface area contributed by atoms with Crippen LogP contribution in [0.1, 0.15) is 26.2 Å². The lowest BCUT2D eigenvalue weighted by atomic mass is 10.2. The van der Waals surface area contributed by atoms with Crippen molar-refractivity contribution in [2.75, 3.05) is 11.9 Å². The van der Waals surface area contributed by atoms with Crippen LogP contribution >= 0.6 is 11.6 Å². The van der Waals surface area contributed by atoms with Gasteiger partial charge < -0.3 is 5.32 Å². The molecular weight excluding hydrogens is 252 g/mol. The maximum absolute atomic E-state index is 5.86. The summed E-state index contributed by atoms with van der Waals surface area (Å²) in [6.45, 7) is 2.99. The second-order valence-corrected chi connectivity index (χ2v) is 4.15. The topological polar surface area (TPSA) is 68.5 Å². The molecule has 0 atom stereocenters. The molecule has 0 saturated carbocycles. The van der Waals surface area contributed by atoms with Crippen molar-refractivity contribution in [3.63, 3.8) is 0 Å². The molecule has 96 valence electrons. The highest BCUT2D eigenvalue weighted by Gasteiger charge is 2.06. The first-order valence-electron chi connectivity index (χ1n) is 5.95. The van der Waals surface area contributed by atoms with Gasteiger partial charge in [0.2, 0.25) is 11.2 Å². The van der Waals surface area contributed by atoms with E-state index in [0.29, 0.717) is 11.9 Å². The van der Waals surface area contributed by atoms with Crippen LogP contribution in [0.25, 0.3) is 5.95 Å². The monoisotopic (exact) mass is 266 g/mol. The SMILES string of the molecule is CCCCCNc1nc(Cl)nc(-n2cccn2)n1. The molecule has 7 heteroatoms. The highest BCUT2D eigenvalue weighted by molar-refractivity contribution is 6.28. The molecule has 0 fully saturated rings. The largest absolute Gasteiger partial charge is 0.354 e. The van der Waals surface area contributed by atoms with Crippen molar-refractivity contribution in [3.8, 4) is 5.95 Å². The van der Waals surface area contributed by atoms with Crippen LogP contribution in [0.3, 0.4) is 0 Å². The zero-order chi connectivity index (χ0) is 12.8. The van der Waals surface area contributed by atoms with E-state index in [0.717, 1.165) is 13.0 Å². The summed E-state index contributed by atoms with van der Waals surface area (Å²) in [5.74, 6) is 0.898. The summed E-state index contributed by atoms with van der Waals surface area (Å²) in [5.41, 5.74) is 0. The second kappa shape index (κ2) is 6.30. The minimum absolute atomic E-state index is 0.161. The van der Waals surface area contributed by atoms with Crippen molar-refractivity contribution in [1.82, 2.24) is 24.7 Å². The minimum atomic E-state index is 0.161. The van der Waals surface area contributed by atoms with E-state index < -0.39 is 0 Å². The molecule has 0 saturated heterocycles. The maximum atomic E-state index is 5.86. The first-order valence-corrected chi connectivity index (χ1v) is 6.33. The fourth-order valence-electron chi connectivity index (χ4n) is 1.48. The molecule has 2 aromatic heterocycles. The van der Waals surface area contributed by atoms with Crippen LogP contribution in [0.5, 0.6) is 0 Å². The number of hydrogen-bond donors (Lipinski definition) is 1. The van der Waals surface area contributed by atoms with E-state index in [1.165, 1.54) is 12.8 Å². The Morgan fingerprint density at radius 2 is 2.17 bits per heavy atom. The highest BCUT2D eigenvalue weighted by Crippen LogP contribution is 2.09. The van der Waals surface area contributed by atoms with Gasteiger partial charge in [-0.3, -0.25) is 0 Å². The minimum Gasteiger partial charge on any atom is -0.354 e. The molecule has 2 rings (SSSR count). The molecule has 1 N–H and O–H groups in total. The summed E-state index contributed by atoms with van der Waals surface area (Å²) in [6, 6.07) is 1.80. The van der Waals surface area contributed by atoms with Gasteiger partial charge in [-0.2, -0.15) is 20.1 Å². The van der Waals surface area contributed by atoms with E-state index >= 15 is 0 Å². The van der Waals surface area contributed by atoms with Gasteiger partial charge in [0.05, 0.1) is 0 Å². The number of anilines is 1. The number of aromatic nitrogens is 5. The fraction of sp³-hybridized carbons (Fsp3) is 0.455. The first kappa shape index (κ1) is 12.8. The molecule has 0 bridgehead atoms. The van der Waals surface area contributed by atoms with Gasteiger partial charge in [-0.05, 0) is 24.1 Å². The Morgan fingerprint density at radius 3 is 2.89 bits per heavy atom. The van der Waals surface area contributed by atoms with Gasteiger partial charge in [-0.15, -0.1) is 0 Å². The number of halogens is 1. The van der Waals surface area contributed by atoms with Gasteiger partial charge in [-0.1, -0.05) is 19.8 Å². The molecule has 0 radical (unpaired) electrons. The van der Waals surface area contributed by atoms with E-state index in [1.54, 1.807) is 23.1 Å². The van der Waals surface area contributed by atoms with Crippen molar-refractivity contribution in [2.24, 2.45) is 0 Å². The Balaban J connectivity index is 2.07. The molecule has 2 heterocycles. The van der Waals surface area contributed by atoms with E-state index in [1.807, 2.05) is 0 Å². The van der Waals surface area contributed by atoms with Crippen LogP contribution < -0.4 is 5.32 Å². The van der Waals surface area contributed by atoms with E-state index in [-0.39, 0.29) is 5.28 Å². The zero-order valence-corrected chi connectivity index (χ0v) is 10.9. The number of nitrogens with one attached hydrogen (secondary N) is 1. The quantitative estimate of drug-likeness (QED) is 0.813. The molecule has 0 aromatic carbocycles. The molecule has 0 aliphatic carbocycles. The van der Waals surface area contributed by atoms with Gasteiger partial charge in [0.25, 0.3) is 5.95 Å². The molecule has 0 aliphatic rings. The molecular formula is C11H15ClN6.